The van der Waals surface area contributed by atoms with Gasteiger partial charge in [0.25, 0.3) is 0 Å². The summed E-state index contributed by atoms with van der Waals surface area (Å²) >= 11 is 0. The van der Waals surface area contributed by atoms with Gasteiger partial charge in [-0.25, -0.2) is 0 Å². The number of rotatable bonds is 6. The Morgan fingerprint density at radius 2 is 1.48 bits per heavy atom. The van der Waals surface area contributed by atoms with Crippen LogP contribution in [0.15, 0.2) is 24.3 Å². The molecule has 2 aliphatic rings. The molecule has 27 heavy (non-hydrogen) atoms. The number of piperidine rings is 1. The number of ether oxygens (including phenoxy) is 1. The average molecular weight is 373 g/mol. The molecule has 3 rings (SSSR count). The lowest BCUT2D eigenvalue weighted by atomic mass is 10.1. The number of carbonyl (C=O) groups is 2. The molecule has 6 heteroatoms. The van der Waals surface area contributed by atoms with Gasteiger partial charge in [0.05, 0.1) is 19.6 Å². The Labute approximate surface area is 162 Å². The highest BCUT2D eigenvalue weighted by molar-refractivity contribution is 5.79. The molecule has 0 atom stereocenters. The molecule has 0 aliphatic carbocycles. The van der Waals surface area contributed by atoms with Crippen LogP contribution in [-0.2, 0) is 16.0 Å². The maximum absolute atomic E-state index is 12.6. The lowest BCUT2D eigenvalue weighted by Crippen LogP contribution is -2.52. The van der Waals surface area contributed by atoms with Crippen molar-refractivity contribution in [3.05, 3.63) is 29.8 Å². The lowest BCUT2D eigenvalue weighted by Gasteiger charge is -2.36. The fraction of sp³-hybridized carbons (Fsp3) is 0.619. The summed E-state index contributed by atoms with van der Waals surface area (Å²) in [6.07, 6.45) is 3.90. The van der Waals surface area contributed by atoms with Gasteiger partial charge in [-0.2, -0.15) is 0 Å². The zero-order valence-electron chi connectivity index (χ0n) is 16.4. The predicted molar refractivity (Wildman–Crippen MR) is 105 cm³/mol. The van der Waals surface area contributed by atoms with Crippen molar-refractivity contribution in [1.82, 2.24) is 14.7 Å². The molecule has 2 fully saturated rings. The van der Waals surface area contributed by atoms with Crippen molar-refractivity contribution in [2.75, 3.05) is 52.4 Å². The molecule has 2 heterocycles. The Bertz CT molecular complexity index is 618. The van der Waals surface area contributed by atoms with Gasteiger partial charge >= 0.3 is 0 Å². The average Bonchev–Trinajstić information content (AvgIpc) is 2.71. The number of hydrogen-bond acceptors (Lipinski definition) is 4. The Morgan fingerprint density at radius 3 is 2.11 bits per heavy atom. The molecule has 1 aromatic rings. The monoisotopic (exact) mass is 373 g/mol. The van der Waals surface area contributed by atoms with E-state index in [1.54, 1.807) is 0 Å². The van der Waals surface area contributed by atoms with Crippen molar-refractivity contribution >= 4 is 11.8 Å². The van der Waals surface area contributed by atoms with Gasteiger partial charge in [-0.15, -0.1) is 0 Å². The van der Waals surface area contributed by atoms with Crippen LogP contribution < -0.4 is 4.74 Å². The van der Waals surface area contributed by atoms with E-state index in [2.05, 4.69) is 4.90 Å². The Morgan fingerprint density at radius 1 is 0.852 bits per heavy atom. The molecule has 0 aromatic heterocycles. The van der Waals surface area contributed by atoms with Crippen LogP contribution in [-0.4, -0.2) is 78.9 Å². The molecule has 0 spiro atoms. The molecule has 6 nitrogen and oxygen atoms in total. The summed E-state index contributed by atoms with van der Waals surface area (Å²) in [7, 11) is 0. The van der Waals surface area contributed by atoms with E-state index in [1.165, 1.54) is 6.42 Å². The minimum absolute atomic E-state index is 0.154. The van der Waals surface area contributed by atoms with Gasteiger partial charge in [-0.3, -0.25) is 14.5 Å². The molecule has 0 N–H and O–H groups in total. The van der Waals surface area contributed by atoms with Crippen LogP contribution in [0.5, 0.6) is 5.75 Å². The molecule has 0 saturated carbocycles. The van der Waals surface area contributed by atoms with E-state index >= 15 is 0 Å². The number of likely N-dealkylation sites (tertiary alicyclic amines) is 1. The first-order chi connectivity index (χ1) is 13.2. The first-order valence-corrected chi connectivity index (χ1v) is 10.2. The third-order valence-electron chi connectivity index (χ3n) is 5.38. The molecular formula is C21H31N3O3. The van der Waals surface area contributed by atoms with E-state index in [9.17, 15) is 9.59 Å². The molecule has 2 amide bonds. The molecule has 2 saturated heterocycles. The number of piperazine rings is 1. The van der Waals surface area contributed by atoms with Gasteiger partial charge in [-0.05, 0) is 43.9 Å². The van der Waals surface area contributed by atoms with Crippen LogP contribution in [0.25, 0.3) is 0 Å². The zero-order valence-corrected chi connectivity index (χ0v) is 16.4. The van der Waals surface area contributed by atoms with E-state index in [0.717, 1.165) is 50.3 Å². The summed E-state index contributed by atoms with van der Waals surface area (Å²) in [5.74, 6) is 1.23. The molecule has 0 unspecified atom stereocenters. The normalized spacial score (nSPS) is 18.4. The summed E-state index contributed by atoms with van der Waals surface area (Å²) in [6.45, 7) is 7.83. The smallest absolute Gasteiger partial charge is 0.236 e. The fourth-order valence-corrected chi connectivity index (χ4v) is 3.75. The Hall–Kier alpha value is -2.08. The van der Waals surface area contributed by atoms with Crippen molar-refractivity contribution in [2.24, 2.45) is 0 Å². The first kappa shape index (κ1) is 19.7. The van der Waals surface area contributed by atoms with Gasteiger partial charge in [0.2, 0.25) is 11.8 Å². The van der Waals surface area contributed by atoms with Gasteiger partial charge in [0.15, 0.2) is 0 Å². The predicted octanol–water partition coefficient (Wildman–Crippen LogP) is 1.78. The van der Waals surface area contributed by atoms with E-state index < -0.39 is 0 Å². The Balaban J connectivity index is 1.41. The third-order valence-corrected chi connectivity index (χ3v) is 5.38. The highest BCUT2D eigenvalue weighted by Gasteiger charge is 2.24. The van der Waals surface area contributed by atoms with E-state index in [4.69, 9.17) is 4.74 Å². The van der Waals surface area contributed by atoms with Crippen LogP contribution >= 0.6 is 0 Å². The van der Waals surface area contributed by atoms with Crippen LogP contribution in [0, 0.1) is 0 Å². The van der Waals surface area contributed by atoms with Crippen LogP contribution in [0.2, 0.25) is 0 Å². The summed E-state index contributed by atoms with van der Waals surface area (Å²) in [5, 5.41) is 0. The van der Waals surface area contributed by atoms with Crippen molar-refractivity contribution in [3.63, 3.8) is 0 Å². The molecule has 0 bridgehead atoms. The van der Waals surface area contributed by atoms with Crippen molar-refractivity contribution in [1.29, 1.82) is 0 Å². The van der Waals surface area contributed by atoms with Crippen molar-refractivity contribution in [2.45, 2.75) is 32.6 Å². The fourth-order valence-electron chi connectivity index (χ4n) is 3.75. The molecule has 0 radical (unpaired) electrons. The molecular weight excluding hydrogens is 342 g/mol. The van der Waals surface area contributed by atoms with Crippen LogP contribution in [0.4, 0.5) is 0 Å². The SMILES string of the molecule is CCOc1ccc(CC(=O)N2CCN(CC(=O)N3CCCCC3)CC2)cc1. The lowest BCUT2D eigenvalue weighted by molar-refractivity contribution is -0.135. The maximum atomic E-state index is 12.6. The molecule has 1 aromatic carbocycles. The minimum Gasteiger partial charge on any atom is -0.494 e. The standard InChI is InChI=1S/C21H31N3O3/c1-2-27-19-8-6-18(7-9-19)16-20(25)24-14-12-22(13-15-24)17-21(26)23-10-4-3-5-11-23/h6-9H,2-5,10-17H2,1H3. The Kier molecular flexibility index (Phi) is 7.10. The van der Waals surface area contributed by atoms with Crippen LogP contribution in [0.3, 0.4) is 0 Å². The number of benzene rings is 1. The highest BCUT2D eigenvalue weighted by Crippen LogP contribution is 2.14. The molecule has 148 valence electrons. The molecule has 2 aliphatic heterocycles. The second kappa shape index (κ2) is 9.74. The number of hydrogen-bond donors (Lipinski definition) is 0. The van der Waals surface area contributed by atoms with Gasteiger partial charge in [0.1, 0.15) is 5.75 Å². The van der Waals surface area contributed by atoms with Gasteiger partial charge in [0, 0.05) is 39.3 Å². The zero-order chi connectivity index (χ0) is 19.1. The van der Waals surface area contributed by atoms with Gasteiger partial charge < -0.3 is 14.5 Å². The summed E-state index contributed by atoms with van der Waals surface area (Å²) in [5.41, 5.74) is 1.01. The second-order valence-electron chi connectivity index (χ2n) is 7.35. The minimum atomic E-state index is 0.154. The largest absolute Gasteiger partial charge is 0.494 e. The van der Waals surface area contributed by atoms with Crippen molar-refractivity contribution in [3.8, 4) is 5.75 Å². The topological polar surface area (TPSA) is 53.1 Å². The maximum Gasteiger partial charge on any atom is 0.236 e. The summed E-state index contributed by atoms with van der Waals surface area (Å²) in [4.78, 5) is 31.0. The van der Waals surface area contributed by atoms with Crippen LogP contribution in [0.1, 0.15) is 31.7 Å². The third kappa shape index (κ3) is 5.70. The quantitative estimate of drug-likeness (QED) is 0.763. The number of nitrogens with zero attached hydrogens (tertiary/aromatic N) is 3. The van der Waals surface area contributed by atoms with E-state index in [-0.39, 0.29) is 11.8 Å². The van der Waals surface area contributed by atoms with Gasteiger partial charge in [-0.1, -0.05) is 12.1 Å². The van der Waals surface area contributed by atoms with E-state index in [0.29, 0.717) is 32.7 Å². The number of carbonyl (C=O) groups excluding carboxylic acids is 2. The van der Waals surface area contributed by atoms with E-state index in [1.807, 2.05) is 41.0 Å². The number of amides is 2. The summed E-state index contributed by atoms with van der Waals surface area (Å²) < 4.78 is 5.44. The second-order valence-corrected chi connectivity index (χ2v) is 7.35. The van der Waals surface area contributed by atoms with Crippen molar-refractivity contribution < 1.29 is 14.3 Å². The summed E-state index contributed by atoms with van der Waals surface area (Å²) in [6, 6.07) is 7.74. The first-order valence-electron chi connectivity index (χ1n) is 10.2. The highest BCUT2D eigenvalue weighted by atomic mass is 16.5.